The summed E-state index contributed by atoms with van der Waals surface area (Å²) in [5, 5.41) is 8.52. The highest BCUT2D eigenvalue weighted by Gasteiger charge is 2.12. The van der Waals surface area contributed by atoms with Crippen LogP contribution < -0.4 is 17.6 Å². The SMILES string of the molecule is NC(=O)CC(O)C(N)=O.[N]. The zero-order chi connectivity index (χ0) is 7.44. The van der Waals surface area contributed by atoms with Crippen molar-refractivity contribution in [3.05, 3.63) is 0 Å². The Morgan fingerprint density at radius 1 is 1.40 bits per heavy atom. The maximum Gasteiger partial charge on any atom is 0.246 e. The number of rotatable bonds is 3. The van der Waals surface area contributed by atoms with Crippen molar-refractivity contribution >= 4 is 11.8 Å². The highest BCUT2D eigenvalue weighted by Crippen LogP contribution is 1.86. The number of primary amides is 2. The first kappa shape index (κ1) is 11.6. The van der Waals surface area contributed by atoms with E-state index in [1.54, 1.807) is 0 Å². The first-order chi connectivity index (χ1) is 4.04. The zero-order valence-corrected chi connectivity index (χ0v) is 5.15. The Kier molecular flexibility index (Phi) is 5.48. The standard InChI is InChI=1S/C4H8N2O3.N/c5-3(8)1-2(7)4(6)9;/h2,7H,1H2,(H2,5,8)(H2,6,9);. The highest BCUT2D eigenvalue weighted by molar-refractivity contribution is 5.85. The molecular formula is C4H8N3O3. The quantitative estimate of drug-likeness (QED) is 0.397. The third-order valence-electron chi connectivity index (χ3n) is 0.723. The van der Waals surface area contributed by atoms with Gasteiger partial charge in [-0.15, -0.1) is 0 Å². The van der Waals surface area contributed by atoms with E-state index in [-0.39, 0.29) is 6.15 Å². The van der Waals surface area contributed by atoms with Gasteiger partial charge in [0.05, 0.1) is 6.42 Å². The van der Waals surface area contributed by atoms with Crippen LogP contribution in [0.4, 0.5) is 0 Å². The molecule has 6 nitrogen and oxygen atoms in total. The second kappa shape index (κ2) is 4.71. The van der Waals surface area contributed by atoms with E-state index in [1.807, 2.05) is 0 Å². The van der Waals surface area contributed by atoms with Gasteiger partial charge in [-0.3, -0.25) is 9.59 Å². The van der Waals surface area contributed by atoms with Crippen LogP contribution in [0.3, 0.4) is 0 Å². The topological polar surface area (TPSA) is 137 Å². The number of nitrogens with zero attached hydrogens (tertiary/aromatic N) is 1. The maximum atomic E-state index is 10.00. The Morgan fingerprint density at radius 3 is 1.90 bits per heavy atom. The van der Waals surface area contributed by atoms with Crippen LogP contribution in [0.5, 0.6) is 0 Å². The molecule has 57 valence electrons. The van der Waals surface area contributed by atoms with E-state index in [0.717, 1.165) is 0 Å². The molecule has 10 heavy (non-hydrogen) atoms. The number of hydrogen-bond donors (Lipinski definition) is 3. The Labute approximate surface area is 57.8 Å². The van der Waals surface area contributed by atoms with Crippen molar-refractivity contribution in [3.63, 3.8) is 0 Å². The number of aliphatic hydroxyl groups excluding tert-OH is 1. The maximum absolute atomic E-state index is 10.00. The molecule has 0 rings (SSSR count). The molecule has 0 aliphatic rings. The number of amides is 2. The summed E-state index contributed by atoms with van der Waals surface area (Å²) < 4.78 is 0. The van der Waals surface area contributed by atoms with Crippen LogP contribution in [0.2, 0.25) is 0 Å². The normalized spacial score (nSPS) is 11.3. The van der Waals surface area contributed by atoms with Crippen molar-refractivity contribution < 1.29 is 14.7 Å². The molecule has 0 heterocycles. The van der Waals surface area contributed by atoms with Crippen molar-refractivity contribution in [2.45, 2.75) is 12.5 Å². The number of carbonyl (C=O) groups is 2. The molecule has 0 spiro atoms. The number of hydrogen-bond acceptors (Lipinski definition) is 3. The van der Waals surface area contributed by atoms with E-state index in [4.69, 9.17) is 5.11 Å². The molecule has 6 heteroatoms. The predicted molar refractivity (Wildman–Crippen MR) is 31.1 cm³/mol. The van der Waals surface area contributed by atoms with E-state index in [0.29, 0.717) is 0 Å². The third kappa shape index (κ3) is 5.01. The van der Waals surface area contributed by atoms with Crippen LogP contribution in [-0.2, 0) is 9.59 Å². The molecule has 1 atom stereocenters. The van der Waals surface area contributed by atoms with E-state index in [2.05, 4.69) is 11.5 Å². The molecule has 0 saturated carbocycles. The highest BCUT2D eigenvalue weighted by atomic mass is 16.3. The predicted octanol–water partition coefficient (Wildman–Crippen LogP) is -2.77. The van der Waals surface area contributed by atoms with Gasteiger partial charge in [0.1, 0.15) is 6.10 Å². The minimum absolute atomic E-state index is 0. The van der Waals surface area contributed by atoms with Crippen molar-refractivity contribution in [2.75, 3.05) is 0 Å². The molecule has 0 saturated heterocycles. The molecule has 0 aromatic rings. The fourth-order valence-electron chi connectivity index (χ4n) is 0.291. The summed E-state index contributed by atoms with van der Waals surface area (Å²) in [7, 11) is 0. The molecule has 0 bridgehead atoms. The largest absolute Gasteiger partial charge is 0.383 e. The third-order valence-corrected chi connectivity index (χ3v) is 0.723. The summed E-state index contributed by atoms with van der Waals surface area (Å²) in [6.07, 6.45) is -1.85. The summed E-state index contributed by atoms with van der Waals surface area (Å²) in [6, 6.07) is 0. The van der Waals surface area contributed by atoms with Crippen molar-refractivity contribution in [1.82, 2.24) is 6.15 Å². The van der Waals surface area contributed by atoms with Crippen molar-refractivity contribution in [2.24, 2.45) is 11.5 Å². The van der Waals surface area contributed by atoms with Gasteiger partial charge in [-0.2, -0.15) is 0 Å². The smallest absolute Gasteiger partial charge is 0.246 e. The van der Waals surface area contributed by atoms with Gasteiger partial charge in [0, 0.05) is 6.15 Å². The fraction of sp³-hybridized carbons (Fsp3) is 0.500. The van der Waals surface area contributed by atoms with Crippen LogP contribution in [0.1, 0.15) is 6.42 Å². The number of nitrogens with two attached hydrogens (primary N) is 2. The van der Waals surface area contributed by atoms with Gasteiger partial charge in [-0.1, -0.05) is 0 Å². The summed E-state index contributed by atoms with van der Waals surface area (Å²) in [5.41, 5.74) is 9.21. The molecular weight excluding hydrogens is 138 g/mol. The van der Waals surface area contributed by atoms with E-state index in [1.165, 1.54) is 0 Å². The second-order valence-electron chi connectivity index (χ2n) is 1.59. The summed E-state index contributed by atoms with van der Waals surface area (Å²) in [4.78, 5) is 20.0. The van der Waals surface area contributed by atoms with Gasteiger partial charge >= 0.3 is 0 Å². The molecule has 2 amide bonds. The fourth-order valence-corrected chi connectivity index (χ4v) is 0.291. The molecule has 1 unspecified atom stereocenters. The Bertz CT molecular complexity index is 136. The molecule has 0 aromatic carbocycles. The lowest BCUT2D eigenvalue weighted by atomic mass is 10.2. The lowest BCUT2D eigenvalue weighted by Crippen LogP contribution is -2.32. The minimum atomic E-state index is -1.44. The Morgan fingerprint density at radius 2 is 1.80 bits per heavy atom. The van der Waals surface area contributed by atoms with Gasteiger partial charge in [-0.05, 0) is 0 Å². The minimum Gasteiger partial charge on any atom is -0.383 e. The van der Waals surface area contributed by atoms with Crippen LogP contribution in [-0.4, -0.2) is 23.0 Å². The van der Waals surface area contributed by atoms with Crippen LogP contribution in [0.15, 0.2) is 0 Å². The first-order valence-corrected chi connectivity index (χ1v) is 2.29. The molecule has 0 aromatic heterocycles. The van der Waals surface area contributed by atoms with Crippen LogP contribution in [0.25, 0.3) is 0 Å². The molecule has 0 aliphatic heterocycles. The lowest BCUT2D eigenvalue weighted by molar-refractivity contribution is -0.131. The molecule has 0 aliphatic carbocycles. The molecule has 3 radical (unpaired) electrons. The lowest BCUT2D eigenvalue weighted by Gasteiger charge is -2.00. The monoisotopic (exact) mass is 146 g/mol. The van der Waals surface area contributed by atoms with Crippen LogP contribution >= 0.6 is 0 Å². The van der Waals surface area contributed by atoms with Gasteiger partial charge in [0.15, 0.2) is 0 Å². The van der Waals surface area contributed by atoms with Crippen molar-refractivity contribution in [3.8, 4) is 0 Å². The number of carbonyl (C=O) groups excluding carboxylic acids is 2. The van der Waals surface area contributed by atoms with E-state index < -0.39 is 24.3 Å². The summed E-state index contributed by atoms with van der Waals surface area (Å²) in [6.45, 7) is 0. The van der Waals surface area contributed by atoms with E-state index in [9.17, 15) is 9.59 Å². The van der Waals surface area contributed by atoms with Crippen molar-refractivity contribution in [1.29, 1.82) is 0 Å². The average Bonchev–Trinajstić information content (AvgIpc) is 1.63. The second-order valence-corrected chi connectivity index (χ2v) is 1.59. The zero-order valence-electron chi connectivity index (χ0n) is 5.15. The van der Waals surface area contributed by atoms with Gasteiger partial charge in [0.2, 0.25) is 11.8 Å². The van der Waals surface area contributed by atoms with E-state index >= 15 is 0 Å². The number of aliphatic hydroxyl groups is 1. The Balaban J connectivity index is 0. The van der Waals surface area contributed by atoms with Gasteiger partial charge in [-0.25, -0.2) is 0 Å². The van der Waals surface area contributed by atoms with Gasteiger partial charge in [0.25, 0.3) is 0 Å². The first-order valence-electron chi connectivity index (χ1n) is 2.29. The molecule has 5 N–H and O–H groups in total. The Hall–Kier alpha value is -1.14. The van der Waals surface area contributed by atoms with Crippen LogP contribution in [0, 0.1) is 0 Å². The summed E-state index contributed by atoms with van der Waals surface area (Å²) >= 11 is 0. The summed E-state index contributed by atoms with van der Waals surface area (Å²) in [5.74, 6) is -1.69. The average molecular weight is 146 g/mol. The van der Waals surface area contributed by atoms with Gasteiger partial charge < -0.3 is 16.6 Å². The molecule has 0 fully saturated rings.